The van der Waals surface area contributed by atoms with Crippen molar-refractivity contribution in [3.05, 3.63) is 36.7 Å². The molecule has 0 unspecified atom stereocenters. The second-order valence-electron chi connectivity index (χ2n) is 4.86. The number of ether oxygens (including phenoxy) is 1. The molecule has 1 heterocycles. The maximum absolute atomic E-state index is 9.96. The summed E-state index contributed by atoms with van der Waals surface area (Å²) in [4.78, 5) is 4.11. The lowest BCUT2D eigenvalue weighted by atomic mass is 9.95. The van der Waals surface area contributed by atoms with Gasteiger partial charge in [-0.05, 0) is 31.4 Å². The minimum absolute atomic E-state index is 0.0717. The zero-order chi connectivity index (χ0) is 12.4. The minimum Gasteiger partial charge on any atom is -0.487 e. The van der Waals surface area contributed by atoms with Gasteiger partial charge in [0, 0.05) is 23.2 Å². The van der Waals surface area contributed by atoms with Crippen LogP contribution >= 0.6 is 0 Å². The lowest BCUT2D eigenvalue weighted by Crippen LogP contribution is -2.34. The van der Waals surface area contributed by atoms with Gasteiger partial charge in [-0.25, -0.2) is 0 Å². The van der Waals surface area contributed by atoms with E-state index in [1.165, 1.54) is 0 Å². The summed E-state index contributed by atoms with van der Waals surface area (Å²) in [6.07, 6.45) is 7.20. The quantitative estimate of drug-likeness (QED) is 0.881. The van der Waals surface area contributed by atoms with Crippen LogP contribution in [0.4, 0.5) is 0 Å². The first-order chi connectivity index (χ1) is 8.84. The minimum atomic E-state index is -0.337. The van der Waals surface area contributed by atoms with Crippen LogP contribution in [0.1, 0.15) is 25.7 Å². The molecule has 1 N–H and O–H groups in total. The molecule has 0 amide bonds. The second kappa shape index (κ2) is 4.94. The van der Waals surface area contributed by atoms with Gasteiger partial charge >= 0.3 is 0 Å². The van der Waals surface area contributed by atoms with Crippen molar-refractivity contribution < 1.29 is 9.84 Å². The predicted octanol–water partition coefficient (Wildman–Crippen LogP) is 2.92. The zero-order valence-corrected chi connectivity index (χ0v) is 10.2. The average Bonchev–Trinajstić information content (AvgIpc) is 2.42. The number of aromatic nitrogens is 1. The Bertz CT molecular complexity index is 536. The normalized spacial score (nSPS) is 24.1. The van der Waals surface area contributed by atoms with Gasteiger partial charge in [0.15, 0.2) is 0 Å². The standard InChI is InChI=1S/C15H17NO2/c17-13-5-1-2-6-15(13)18-14-7-3-4-11-10-16-9-8-12(11)14/h3-4,7-10,13,15,17H,1-2,5-6H2/t13-,15-/m0/s1. The fourth-order valence-corrected chi connectivity index (χ4v) is 2.57. The summed E-state index contributed by atoms with van der Waals surface area (Å²) in [5.41, 5.74) is 0. The maximum Gasteiger partial charge on any atom is 0.127 e. The van der Waals surface area contributed by atoms with Crippen molar-refractivity contribution in [3.8, 4) is 5.75 Å². The third-order valence-electron chi connectivity index (χ3n) is 3.59. The van der Waals surface area contributed by atoms with Crippen LogP contribution in [-0.4, -0.2) is 22.3 Å². The summed E-state index contributed by atoms with van der Waals surface area (Å²) in [7, 11) is 0. The molecule has 3 rings (SSSR count). The number of fused-ring (bicyclic) bond motifs is 1. The molecule has 2 atom stereocenters. The van der Waals surface area contributed by atoms with Crippen LogP contribution in [0.3, 0.4) is 0 Å². The summed E-state index contributed by atoms with van der Waals surface area (Å²) in [5, 5.41) is 12.1. The number of benzene rings is 1. The van der Waals surface area contributed by atoms with Crippen molar-refractivity contribution in [3.63, 3.8) is 0 Å². The van der Waals surface area contributed by atoms with Gasteiger partial charge in [0.05, 0.1) is 6.10 Å². The van der Waals surface area contributed by atoms with E-state index in [0.717, 1.165) is 42.2 Å². The molecule has 1 saturated carbocycles. The Kier molecular flexibility index (Phi) is 3.15. The molecule has 94 valence electrons. The Morgan fingerprint density at radius 1 is 1.17 bits per heavy atom. The van der Waals surface area contributed by atoms with E-state index in [2.05, 4.69) is 4.98 Å². The molecule has 0 saturated heterocycles. The molecule has 0 spiro atoms. The summed E-state index contributed by atoms with van der Waals surface area (Å²) in [5.74, 6) is 0.848. The maximum atomic E-state index is 9.96. The smallest absolute Gasteiger partial charge is 0.127 e. The molecule has 1 aliphatic carbocycles. The van der Waals surface area contributed by atoms with Crippen LogP contribution < -0.4 is 4.74 Å². The lowest BCUT2D eigenvalue weighted by molar-refractivity contribution is 0.00768. The molecule has 1 fully saturated rings. The molecule has 18 heavy (non-hydrogen) atoms. The van der Waals surface area contributed by atoms with Gasteiger partial charge in [0.25, 0.3) is 0 Å². The monoisotopic (exact) mass is 243 g/mol. The lowest BCUT2D eigenvalue weighted by Gasteiger charge is -2.28. The van der Waals surface area contributed by atoms with Gasteiger partial charge in [-0.15, -0.1) is 0 Å². The summed E-state index contributed by atoms with van der Waals surface area (Å²) < 4.78 is 6.00. The highest BCUT2D eigenvalue weighted by Gasteiger charge is 2.25. The van der Waals surface area contributed by atoms with Crippen LogP contribution in [0.2, 0.25) is 0 Å². The van der Waals surface area contributed by atoms with Crippen molar-refractivity contribution in [2.24, 2.45) is 0 Å². The molecule has 0 bridgehead atoms. The van der Waals surface area contributed by atoms with Gasteiger partial charge in [-0.2, -0.15) is 0 Å². The molecule has 2 aromatic rings. The fraction of sp³-hybridized carbons (Fsp3) is 0.400. The predicted molar refractivity (Wildman–Crippen MR) is 70.6 cm³/mol. The Balaban J connectivity index is 1.90. The van der Waals surface area contributed by atoms with Crippen LogP contribution in [0.25, 0.3) is 10.8 Å². The van der Waals surface area contributed by atoms with E-state index in [1.54, 1.807) is 6.20 Å². The number of pyridine rings is 1. The first kappa shape index (κ1) is 11.5. The Labute approximate surface area is 106 Å². The van der Waals surface area contributed by atoms with Crippen molar-refractivity contribution in [1.29, 1.82) is 0 Å². The highest BCUT2D eigenvalue weighted by atomic mass is 16.5. The molecule has 0 aliphatic heterocycles. The summed E-state index contributed by atoms with van der Waals surface area (Å²) in [6, 6.07) is 7.91. The first-order valence-corrected chi connectivity index (χ1v) is 6.52. The number of aliphatic hydroxyl groups excluding tert-OH is 1. The van der Waals surface area contributed by atoms with Crippen molar-refractivity contribution in [2.75, 3.05) is 0 Å². The Morgan fingerprint density at radius 2 is 2.06 bits per heavy atom. The van der Waals surface area contributed by atoms with Gasteiger partial charge in [-0.1, -0.05) is 18.6 Å². The van der Waals surface area contributed by atoms with E-state index in [1.807, 2.05) is 30.5 Å². The molecular formula is C15H17NO2. The molecule has 1 aromatic carbocycles. The van der Waals surface area contributed by atoms with E-state index in [-0.39, 0.29) is 12.2 Å². The number of aliphatic hydroxyl groups is 1. The van der Waals surface area contributed by atoms with Gasteiger partial charge in [0.1, 0.15) is 11.9 Å². The Morgan fingerprint density at radius 3 is 2.94 bits per heavy atom. The SMILES string of the molecule is O[C@H]1CCCC[C@@H]1Oc1cccc2cnccc12. The number of hydrogen-bond donors (Lipinski definition) is 1. The third-order valence-corrected chi connectivity index (χ3v) is 3.59. The highest BCUT2D eigenvalue weighted by molar-refractivity contribution is 5.87. The van der Waals surface area contributed by atoms with Crippen molar-refractivity contribution in [1.82, 2.24) is 4.98 Å². The largest absolute Gasteiger partial charge is 0.487 e. The van der Waals surface area contributed by atoms with E-state index >= 15 is 0 Å². The number of rotatable bonds is 2. The third kappa shape index (κ3) is 2.18. The molecule has 0 radical (unpaired) electrons. The first-order valence-electron chi connectivity index (χ1n) is 6.52. The van der Waals surface area contributed by atoms with E-state index in [9.17, 15) is 5.11 Å². The van der Waals surface area contributed by atoms with Gasteiger partial charge in [0.2, 0.25) is 0 Å². The van der Waals surface area contributed by atoms with Gasteiger partial charge < -0.3 is 9.84 Å². The number of nitrogens with zero attached hydrogens (tertiary/aromatic N) is 1. The summed E-state index contributed by atoms with van der Waals surface area (Å²) in [6.45, 7) is 0. The van der Waals surface area contributed by atoms with Gasteiger partial charge in [-0.3, -0.25) is 4.98 Å². The van der Waals surface area contributed by atoms with Crippen LogP contribution in [0.5, 0.6) is 5.75 Å². The number of hydrogen-bond acceptors (Lipinski definition) is 3. The van der Waals surface area contributed by atoms with E-state index in [4.69, 9.17) is 4.74 Å². The molecular weight excluding hydrogens is 226 g/mol. The summed E-state index contributed by atoms with van der Waals surface area (Å²) >= 11 is 0. The Hall–Kier alpha value is -1.61. The second-order valence-corrected chi connectivity index (χ2v) is 4.86. The van der Waals surface area contributed by atoms with Crippen LogP contribution in [-0.2, 0) is 0 Å². The van der Waals surface area contributed by atoms with Crippen LogP contribution in [0, 0.1) is 0 Å². The van der Waals surface area contributed by atoms with Crippen molar-refractivity contribution in [2.45, 2.75) is 37.9 Å². The molecule has 1 aromatic heterocycles. The molecule has 3 heteroatoms. The van der Waals surface area contributed by atoms with E-state index < -0.39 is 0 Å². The zero-order valence-electron chi connectivity index (χ0n) is 10.2. The molecule has 3 nitrogen and oxygen atoms in total. The van der Waals surface area contributed by atoms with Crippen LogP contribution in [0.15, 0.2) is 36.7 Å². The highest BCUT2D eigenvalue weighted by Crippen LogP contribution is 2.29. The topological polar surface area (TPSA) is 42.4 Å². The molecule has 1 aliphatic rings. The fourth-order valence-electron chi connectivity index (χ4n) is 2.57. The van der Waals surface area contributed by atoms with Crippen molar-refractivity contribution >= 4 is 10.8 Å². The average molecular weight is 243 g/mol. The van der Waals surface area contributed by atoms with E-state index in [0.29, 0.717) is 0 Å².